The van der Waals surface area contributed by atoms with Crippen molar-refractivity contribution in [1.29, 1.82) is 0 Å². The summed E-state index contributed by atoms with van der Waals surface area (Å²) in [5, 5.41) is 11.4. The summed E-state index contributed by atoms with van der Waals surface area (Å²) in [4.78, 5) is 22.2. The monoisotopic (exact) mass is 261 g/mol. The second-order valence-corrected chi connectivity index (χ2v) is 3.93. The summed E-state index contributed by atoms with van der Waals surface area (Å²) < 4.78 is 15.1. The molecule has 0 bridgehead atoms. The smallest absolute Gasteiger partial charge is 0.332 e. The summed E-state index contributed by atoms with van der Waals surface area (Å²) >= 11 is 0. The summed E-state index contributed by atoms with van der Waals surface area (Å²) in [6, 6.07) is 0. The maximum absolute atomic E-state index is 11.6. The molecule has 7 nitrogen and oxygen atoms in total. The van der Waals surface area contributed by atoms with Crippen LogP contribution in [-0.2, 0) is 23.8 Å². The van der Waals surface area contributed by atoms with Crippen molar-refractivity contribution in [3.05, 3.63) is 0 Å². The van der Waals surface area contributed by atoms with Crippen LogP contribution in [0.15, 0.2) is 0 Å². The molecular formula is C11H19NO6. The number of carbonyl (C=O) groups excluding carboxylic acids is 1. The van der Waals surface area contributed by atoms with Crippen LogP contribution in [0.25, 0.3) is 0 Å². The van der Waals surface area contributed by atoms with Crippen LogP contribution in [0.4, 0.5) is 0 Å². The van der Waals surface area contributed by atoms with E-state index >= 15 is 0 Å². The molecule has 1 heterocycles. The number of nitrogens with one attached hydrogen (secondary N) is 1. The average Bonchev–Trinajstić information content (AvgIpc) is 2.83. The van der Waals surface area contributed by atoms with Crippen LogP contribution < -0.4 is 5.32 Å². The molecule has 18 heavy (non-hydrogen) atoms. The highest BCUT2D eigenvalue weighted by atomic mass is 16.5. The lowest BCUT2D eigenvalue weighted by Gasteiger charge is -2.11. The molecule has 0 radical (unpaired) electrons. The Morgan fingerprint density at radius 1 is 1.28 bits per heavy atom. The van der Waals surface area contributed by atoms with Gasteiger partial charge in [-0.25, -0.2) is 4.79 Å². The normalized spacial score (nSPS) is 22.9. The standard InChI is InChI=1S/C11H19NO6/c1-16-6-7-17-5-4-12-10(13)8-2-3-9(18-8)11(14)15/h8-9H,2-7H2,1H3,(H,12,13)(H,14,15)/t8-,9+/m0/s1. The zero-order chi connectivity index (χ0) is 13.4. The molecule has 0 aromatic heterocycles. The summed E-state index contributed by atoms with van der Waals surface area (Å²) in [5.41, 5.74) is 0. The number of carboxylic acid groups (broad SMARTS) is 1. The van der Waals surface area contributed by atoms with E-state index < -0.39 is 18.2 Å². The third kappa shape index (κ3) is 4.99. The van der Waals surface area contributed by atoms with E-state index in [1.54, 1.807) is 7.11 Å². The van der Waals surface area contributed by atoms with Gasteiger partial charge in [-0.05, 0) is 12.8 Å². The number of ether oxygens (including phenoxy) is 3. The molecular weight excluding hydrogens is 242 g/mol. The van der Waals surface area contributed by atoms with Crippen LogP contribution in [0.1, 0.15) is 12.8 Å². The number of amides is 1. The Bertz CT molecular complexity index is 283. The van der Waals surface area contributed by atoms with Crippen LogP contribution in [0.3, 0.4) is 0 Å². The number of carbonyl (C=O) groups is 2. The molecule has 1 rings (SSSR count). The topological polar surface area (TPSA) is 94.1 Å². The SMILES string of the molecule is COCCOCCNC(=O)[C@@H]1CC[C@H](C(=O)O)O1. The van der Waals surface area contributed by atoms with Gasteiger partial charge in [0.25, 0.3) is 0 Å². The van der Waals surface area contributed by atoms with Gasteiger partial charge < -0.3 is 24.6 Å². The Labute approximate surface area is 105 Å². The number of methoxy groups -OCH3 is 1. The molecule has 2 atom stereocenters. The van der Waals surface area contributed by atoms with Gasteiger partial charge >= 0.3 is 5.97 Å². The zero-order valence-corrected chi connectivity index (χ0v) is 10.4. The highest BCUT2D eigenvalue weighted by Crippen LogP contribution is 2.19. The van der Waals surface area contributed by atoms with Crippen LogP contribution in [-0.4, -0.2) is 62.7 Å². The maximum Gasteiger partial charge on any atom is 0.332 e. The molecule has 0 aromatic rings. The molecule has 2 N–H and O–H groups in total. The Balaban J connectivity index is 2.09. The number of hydrogen-bond acceptors (Lipinski definition) is 5. The highest BCUT2D eigenvalue weighted by molar-refractivity contribution is 5.82. The van der Waals surface area contributed by atoms with Gasteiger partial charge in [-0.15, -0.1) is 0 Å². The first kappa shape index (κ1) is 14.9. The Morgan fingerprint density at radius 3 is 2.61 bits per heavy atom. The molecule has 0 unspecified atom stereocenters. The van der Waals surface area contributed by atoms with Gasteiger partial charge in [0, 0.05) is 13.7 Å². The lowest BCUT2D eigenvalue weighted by Crippen LogP contribution is -2.37. The second-order valence-electron chi connectivity index (χ2n) is 3.93. The largest absolute Gasteiger partial charge is 0.479 e. The van der Waals surface area contributed by atoms with Gasteiger partial charge in [-0.3, -0.25) is 4.79 Å². The van der Waals surface area contributed by atoms with Crippen molar-refractivity contribution in [3.63, 3.8) is 0 Å². The summed E-state index contributed by atoms with van der Waals surface area (Å²) in [6.45, 7) is 1.76. The lowest BCUT2D eigenvalue weighted by atomic mass is 10.2. The molecule has 1 aliphatic heterocycles. The third-order valence-corrected chi connectivity index (χ3v) is 2.56. The van der Waals surface area contributed by atoms with Gasteiger partial charge in [0.1, 0.15) is 6.10 Å². The fourth-order valence-corrected chi connectivity index (χ4v) is 1.62. The van der Waals surface area contributed by atoms with Gasteiger partial charge in [0.05, 0.1) is 19.8 Å². The minimum atomic E-state index is -1.02. The maximum atomic E-state index is 11.6. The van der Waals surface area contributed by atoms with Crippen LogP contribution in [0, 0.1) is 0 Å². The number of carboxylic acids is 1. The van der Waals surface area contributed by atoms with Gasteiger partial charge in [-0.2, -0.15) is 0 Å². The minimum absolute atomic E-state index is 0.283. The molecule has 0 saturated carbocycles. The van der Waals surface area contributed by atoms with Crippen molar-refractivity contribution in [1.82, 2.24) is 5.32 Å². The summed E-state index contributed by atoms with van der Waals surface area (Å²) in [5.74, 6) is -1.30. The summed E-state index contributed by atoms with van der Waals surface area (Å²) in [6.07, 6.45) is -0.714. The third-order valence-electron chi connectivity index (χ3n) is 2.56. The molecule has 1 aliphatic rings. The van der Waals surface area contributed by atoms with Crippen molar-refractivity contribution < 1.29 is 28.9 Å². The van der Waals surface area contributed by atoms with E-state index in [9.17, 15) is 9.59 Å². The Hall–Kier alpha value is -1.18. The molecule has 0 spiro atoms. The predicted molar refractivity (Wildman–Crippen MR) is 61.2 cm³/mol. The van der Waals surface area contributed by atoms with Crippen molar-refractivity contribution in [2.75, 3.05) is 33.5 Å². The van der Waals surface area contributed by atoms with Crippen molar-refractivity contribution in [2.24, 2.45) is 0 Å². The zero-order valence-electron chi connectivity index (χ0n) is 10.4. The second kappa shape index (κ2) is 8.02. The number of hydrogen-bond donors (Lipinski definition) is 2. The van der Waals surface area contributed by atoms with Crippen LogP contribution >= 0.6 is 0 Å². The molecule has 1 saturated heterocycles. The van der Waals surface area contributed by atoms with Crippen LogP contribution in [0.2, 0.25) is 0 Å². The fourth-order valence-electron chi connectivity index (χ4n) is 1.62. The number of aliphatic carboxylic acids is 1. The van der Waals surface area contributed by atoms with Crippen molar-refractivity contribution in [3.8, 4) is 0 Å². The molecule has 7 heteroatoms. The minimum Gasteiger partial charge on any atom is -0.479 e. The van der Waals surface area contributed by atoms with Crippen molar-refractivity contribution in [2.45, 2.75) is 25.0 Å². The predicted octanol–water partition coefficient (Wildman–Crippen LogP) is -0.602. The van der Waals surface area contributed by atoms with E-state index in [1.807, 2.05) is 0 Å². The summed E-state index contributed by atoms with van der Waals surface area (Å²) in [7, 11) is 1.58. The Kier molecular flexibility index (Phi) is 6.63. The van der Waals surface area contributed by atoms with Gasteiger partial charge in [0.2, 0.25) is 5.91 Å². The van der Waals surface area contributed by atoms with E-state index in [1.165, 1.54) is 0 Å². The lowest BCUT2D eigenvalue weighted by molar-refractivity contribution is -0.151. The fraction of sp³-hybridized carbons (Fsp3) is 0.818. The molecule has 104 valence electrons. The Morgan fingerprint density at radius 2 is 2.00 bits per heavy atom. The molecule has 0 aromatic carbocycles. The van der Waals surface area contributed by atoms with Crippen molar-refractivity contribution >= 4 is 11.9 Å². The molecule has 1 fully saturated rings. The molecule has 0 aliphatic carbocycles. The van der Waals surface area contributed by atoms with E-state index in [0.717, 1.165) is 0 Å². The van der Waals surface area contributed by atoms with E-state index in [2.05, 4.69) is 5.32 Å². The van der Waals surface area contributed by atoms with E-state index in [0.29, 0.717) is 39.2 Å². The number of rotatable bonds is 8. The van der Waals surface area contributed by atoms with Gasteiger partial charge in [-0.1, -0.05) is 0 Å². The van der Waals surface area contributed by atoms with Crippen LogP contribution in [0.5, 0.6) is 0 Å². The molecule has 1 amide bonds. The average molecular weight is 261 g/mol. The first-order chi connectivity index (χ1) is 8.65. The van der Waals surface area contributed by atoms with E-state index in [4.69, 9.17) is 19.3 Å². The first-order valence-corrected chi connectivity index (χ1v) is 5.87. The van der Waals surface area contributed by atoms with E-state index in [-0.39, 0.29) is 5.91 Å². The quantitative estimate of drug-likeness (QED) is 0.566. The van der Waals surface area contributed by atoms with Gasteiger partial charge in [0.15, 0.2) is 6.10 Å². The highest BCUT2D eigenvalue weighted by Gasteiger charge is 2.34. The first-order valence-electron chi connectivity index (χ1n) is 5.87.